The van der Waals surface area contributed by atoms with Crippen LogP contribution in [0.15, 0.2) is 24.3 Å². The highest BCUT2D eigenvalue weighted by molar-refractivity contribution is 5.85. The van der Waals surface area contributed by atoms with Crippen molar-refractivity contribution in [2.75, 3.05) is 27.3 Å². The number of halogens is 1. The lowest BCUT2D eigenvalue weighted by atomic mass is 10.3. The van der Waals surface area contributed by atoms with E-state index in [1.54, 1.807) is 26.0 Å². The molecule has 1 rings (SSSR count). The largest absolute Gasteiger partial charge is 0.493 e. The maximum Gasteiger partial charge on any atom is 0.239 e. The standard InChI is InChI=1S/C13H20N2O3.ClH/c1-10(14)13(16)15(2)8-9-18-12-7-5-4-6-11(12)17-3;/h4-7,10H,8-9,14H2,1-3H3;1H. The zero-order valence-corrected chi connectivity index (χ0v) is 12.3. The van der Waals surface area contributed by atoms with Crippen molar-refractivity contribution in [1.82, 2.24) is 4.90 Å². The van der Waals surface area contributed by atoms with Crippen LogP contribution in [0.5, 0.6) is 11.5 Å². The molecule has 0 saturated heterocycles. The Kier molecular flexibility index (Phi) is 7.95. The van der Waals surface area contributed by atoms with E-state index in [-0.39, 0.29) is 18.3 Å². The van der Waals surface area contributed by atoms with Gasteiger partial charge in [0.25, 0.3) is 0 Å². The molecule has 0 fully saturated rings. The molecular formula is C13H21ClN2O3. The smallest absolute Gasteiger partial charge is 0.239 e. The molecule has 0 aliphatic heterocycles. The fourth-order valence-electron chi connectivity index (χ4n) is 1.49. The number of nitrogens with zero attached hydrogens (tertiary/aromatic N) is 1. The van der Waals surface area contributed by atoms with Gasteiger partial charge in [-0.15, -0.1) is 12.4 Å². The molecule has 0 aliphatic rings. The Balaban J connectivity index is 0.00000324. The lowest BCUT2D eigenvalue weighted by molar-refractivity contribution is -0.131. The molecule has 5 nitrogen and oxygen atoms in total. The molecule has 0 aliphatic carbocycles. The Bertz CT molecular complexity index is 399. The SMILES string of the molecule is COc1ccccc1OCCN(C)C(=O)C(C)N.Cl. The minimum Gasteiger partial charge on any atom is -0.493 e. The molecule has 1 aromatic rings. The average Bonchev–Trinajstić information content (AvgIpc) is 2.38. The van der Waals surface area contributed by atoms with Crippen molar-refractivity contribution < 1.29 is 14.3 Å². The molecule has 1 unspecified atom stereocenters. The number of carbonyl (C=O) groups is 1. The molecule has 1 aromatic carbocycles. The number of ether oxygens (including phenoxy) is 2. The summed E-state index contributed by atoms with van der Waals surface area (Å²) in [5.74, 6) is 1.25. The second kappa shape index (κ2) is 8.61. The molecule has 0 radical (unpaired) electrons. The van der Waals surface area contributed by atoms with Gasteiger partial charge in [0, 0.05) is 7.05 Å². The number of amides is 1. The quantitative estimate of drug-likeness (QED) is 0.857. The van der Waals surface area contributed by atoms with E-state index in [1.807, 2.05) is 24.3 Å². The maximum absolute atomic E-state index is 11.5. The Morgan fingerprint density at radius 1 is 1.37 bits per heavy atom. The number of nitrogens with two attached hydrogens (primary N) is 1. The van der Waals surface area contributed by atoms with Crippen molar-refractivity contribution in [1.29, 1.82) is 0 Å². The Morgan fingerprint density at radius 3 is 2.47 bits per heavy atom. The van der Waals surface area contributed by atoms with Gasteiger partial charge in [-0.2, -0.15) is 0 Å². The predicted molar refractivity (Wildman–Crippen MR) is 77.0 cm³/mol. The van der Waals surface area contributed by atoms with E-state index in [2.05, 4.69) is 0 Å². The Labute approximate surface area is 120 Å². The van der Waals surface area contributed by atoms with Crippen LogP contribution in [-0.2, 0) is 4.79 Å². The number of rotatable bonds is 6. The van der Waals surface area contributed by atoms with E-state index >= 15 is 0 Å². The first-order chi connectivity index (χ1) is 8.56. The topological polar surface area (TPSA) is 64.8 Å². The summed E-state index contributed by atoms with van der Waals surface area (Å²) in [4.78, 5) is 13.1. The molecule has 0 spiro atoms. The molecule has 19 heavy (non-hydrogen) atoms. The predicted octanol–water partition coefficient (Wildman–Crippen LogP) is 1.30. The molecule has 1 atom stereocenters. The number of benzene rings is 1. The van der Waals surface area contributed by atoms with Crippen LogP contribution >= 0.6 is 12.4 Å². The van der Waals surface area contributed by atoms with E-state index in [0.717, 1.165) is 0 Å². The molecule has 0 bridgehead atoms. The van der Waals surface area contributed by atoms with Gasteiger partial charge < -0.3 is 20.1 Å². The molecule has 1 amide bonds. The van der Waals surface area contributed by atoms with Crippen LogP contribution in [0.3, 0.4) is 0 Å². The second-order valence-electron chi connectivity index (χ2n) is 4.05. The molecule has 6 heteroatoms. The summed E-state index contributed by atoms with van der Waals surface area (Å²) in [6, 6.07) is 6.91. The van der Waals surface area contributed by atoms with Crippen molar-refractivity contribution in [3.63, 3.8) is 0 Å². The van der Waals surface area contributed by atoms with Gasteiger partial charge >= 0.3 is 0 Å². The second-order valence-corrected chi connectivity index (χ2v) is 4.05. The van der Waals surface area contributed by atoms with Gasteiger partial charge in [0.2, 0.25) is 5.91 Å². The third kappa shape index (κ3) is 5.36. The van der Waals surface area contributed by atoms with Crippen LogP contribution < -0.4 is 15.2 Å². The molecule has 0 heterocycles. The summed E-state index contributed by atoms with van der Waals surface area (Å²) >= 11 is 0. The minimum atomic E-state index is -0.485. The van der Waals surface area contributed by atoms with Crippen LogP contribution in [0, 0.1) is 0 Å². The lowest BCUT2D eigenvalue weighted by Gasteiger charge is -2.19. The van der Waals surface area contributed by atoms with Gasteiger partial charge in [-0.1, -0.05) is 12.1 Å². The molecular weight excluding hydrogens is 268 g/mol. The van der Waals surface area contributed by atoms with Gasteiger partial charge in [0.15, 0.2) is 11.5 Å². The molecule has 108 valence electrons. The number of hydrogen-bond acceptors (Lipinski definition) is 4. The van der Waals surface area contributed by atoms with Crippen molar-refractivity contribution in [3.05, 3.63) is 24.3 Å². The third-order valence-electron chi connectivity index (χ3n) is 2.52. The Hall–Kier alpha value is -1.46. The normalized spacial score (nSPS) is 11.2. The monoisotopic (exact) mass is 288 g/mol. The highest BCUT2D eigenvalue weighted by Gasteiger charge is 2.13. The van der Waals surface area contributed by atoms with E-state index in [9.17, 15) is 4.79 Å². The maximum atomic E-state index is 11.5. The van der Waals surface area contributed by atoms with E-state index < -0.39 is 6.04 Å². The fourth-order valence-corrected chi connectivity index (χ4v) is 1.49. The fraction of sp³-hybridized carbons (Fsp3) is 0.462. The van der Waals surface area contributed by atoms with Gasteiger partial charge in [0.05, 0.1) is 19.7 Å². The molecule has 2 N–H and O–H groups in total. The highest BCUT2D eigenvalue weighted by atomic mass is 35.5. The van der Waals surface area contributed by atoms with Gasteiger partial charge in [-0.3, -0.25) is 4.79 Å². The van der Waals surface area contributed by atoms with Crippen LogP contribution in [0.4, 0.5) is 0 Å². The van der Waals surface area contributed by atoms with Crippen LogP contribution in [0.25, 0.3) is 0 Å². The first-order valence-corrected chi connectivity index (χ1v) is 5.82. The van der Waals surface area contributed by atoms with Crippen molar-refractivity contribution in [2.45, 2.75) is 13.0 Å². The average molecular weight is 289 g/mol. The molecule has 0 aromatic heterocycles. The van der Waals surface area contributed by atoms with Gasteiger partial charge in [-0.05, 0) is 19.1 Å². The lowest BCUT2D eigenvalue weighted by Crippen LogP contribution is -2.41. The van der Waals surface area contributed by atoms with Crippen molar-refractivity contribution in [2.24, 2.45) is 5.73 Å². The zero-order valence-electron chi connectivity index (χ0n) is 11.5. The summed E-state index contributed by atoms with van der Waals surface area (Å²) in [7, 11) is 3.30. The number of para-hydroxylation sites is 2. The van der Waals surface area contributed by atoms with Crippen molar-refractivity contribution in [3.8, 4) is 11.5 Å². The number of methoxy groups -OCH3 is 1. The van der Waals surface area contributed by atoms with Crippen molar-refractivity contribution >= 4 is 18.3 Å². The Morgan fingerprint density at radius 2 is 1.95 bits per heavy atom. The van der Waals surface area contributed by atoms with Crippen LogP contribution in [0.1, 0.15) is 6.92 Å². The summed E-state index contributed by atoms with van der Waals surface area (Å²) in [5, 5.41) is 0. The summed E-state index contributed by atoms with van der Waals surface area (Å²) in [6.45, 7) is 2.55. The highest BCUT2D eigenvalue weighted by Crippen LogP contribution is 2.25. The van der Waals surface area contributed by atoms with Crippen LogP contribution in [-0.4, -0.2) is 44.2 Å². The minimum absolute atomic E-state index is 0. The van der Waals surface area contributed by atoms with Crippen LogP contribution in [0.2, 0.25) is 0 Å². The molecule has 0 saturated carbocycles. The van der Waals surface area contributed by atoms with E-state index in [4.69, 9.17) is 15.2 Å². The van der Waals surface area contributed by atoms with E-state index in [0.29, 0.717) is 24.7 Å². The summed E-state index contributed by atoms with van der Waals surface area (Å²) in [5.41, 5.74) is 5.51. The van der Waals surface area contributed by atoms with Gasteiger partial charge in [0.1, 0.15) is 6.61 Å². The number of hydrogen-bond donors (Lipinski definition) is 1. The first kappa shape index (κ1) is 17.5. The summed E-state index contributed by atoms with van der Waals surface area (Å²) < 4.78 is 10.7. The third-order valence-corrected chi connectivity index (χ3v) is 2.52. The van der Waals surface area contributed by atoms with E-state index in [1.165, 1.54) is 0 Å². The summed E-state index contributed by atoms with van der Waals surface area (Å²) in [6.07, 6.45) is 0. The first-order valence-electron chi connectivity index (χ1n) is 5.82. The zero-order chi connectivity index (χ0) is 13.5. The van der Waals surface area contributed by atoms with Gasteiger partial charge in [-0.25, -0.2) is 0 Å². The number of likely N-dealkylation sites (N-methyl/N-ethyl adjacent to an activating group) is 1. The number of carbonyl (C=O) groups excluding carboxylic acids is 1.